The van der Waals surface area contributed by atoms with Crippen molar-refractivity contribution in [3.05, 3.63) is 76.8 Å². The normalized spacial score (nSPS) is 21.0. The average Bonchev–Trinajstić information content (AvgIpc) is 2.63. The van der Waals surface area contributed by atoms with Crippen LogP contribution in [-0.4, -0.2) is 5.11 Å². The van der Waals surface area contributed by atoms with Gasteiger partial charge < -0.3 is 5.11 Å². The Hall–Kier alpha value is -1.99. The van der Waals surface area contributed by atoms with Gasteiger partial charge in [0.25, 0.3) is 0 Å². The summed E-state index contributed by atoms with van der Waals surface area (Å²) in [5.41, 5.74) is 2.50. The van der Waals surface area contributed by atoms with Gasteiger partial charge in [-0.15, -0.1) is 0 Å². The fourth-order valence-electron chi connectivity index (χ4n) is 4.07. The molecule has 1 aliphatic rings. The molecule has 1 nitrogen and oxygen atoms in total. The van der Waals surface area contributed by atoms with Crippen molar-refractivity contribution < 1.29 is 5.11 Å². The smallest absolute Gasteiger partial charge is 0.126 e. The van der Waals surface area contributed by atoms with E-state index in [9.17, 15) is 5.11 Å². The molecule has 2 heteroatoms. The molecular weight excluding hydrogens is 316 g/mol. The first-order chi connectivity index (χ1) is 11.7. The van der Waals surface area contributed by atoms with Crippen molar-refractivity contribution in [2.75, 3.05) is 0 Å². The summed E-state index contributed by atoms with van der Waals surface area (Å²) in [6.07, 6.45) is 4.58. The molecule has 0 amide bonds. The van der Waals surface area contributed by atoms with E-state index >= 15 is 0 Å². The molecule has 0 unspecified atom stereocenters. The fourth-order valence-corrected chi connectivity index (χ4v) is 4.20. The molecule has 0 aliphatic heterocycles. The summed E-state index contributed by atoms with van der Waals surface area (Å²) in [6.45, 7) is 0. The summed E-state index contributed by atoms with van der Waals surface area (Å²) < 4.78 is 0. The minimum Gasteiger partial charge on any atom is -0.507 e. The lowest BCUT2D eigenvalue weighted by Gasteiger charge is -2.29. The van der Waals surface area contributed by atoms with Gasteiger partial charge >= 0.3 is 0 Å². The second-order valence-corrected chi connectivity index (χ2v) is 7.26. The van der Waals surface area contributed by atoms with Gasteiger partial charge in [0, 0.05) is 10.4 Å². The van der Waals surface area contributed by atoms with Crippen molar-refractivity contribution in [2.24, 2.45) is 0 Å². The highest BCUT2D eigenvalue weighted by molar-refractivity contribution is 6.30. The summed E-state index contributed by atoms with van der Waals surface area (Å²) in [7, 11) is 0. The van der Waals surface area contributed by atoms with Crippen LogP contribution in [0.2, 0.25) is 5.02 Å². The van der Waals surface area contributed by atoms with Gasteiger partial charge in [0.05, 0.1) is 0 Å². The summed E-state index contributed by atoms with van der Waals surface area (Å²) in [5.74, 6) is 1.54. The van der Waals surface area contributed by atoms with E-state index < -0.39 is 0 Å². The molecule has 0 radical (unpaired) electrons. The van der Waals surface area contributed by atoms with Crippen molar-refractivity contribution in [3.8, 4) is 5.75 Å². The van der Waals surface area contributed by atoms with Crippen LogP contribution in [0.25, 0.3) is 10.8 Å². The minimum absolute atomic E-state index is 0.457. The molecule has 0 aromatic heterocycles. The van der Waals surface area contributed by atoms with E-state index in [1.807, 2.05) is 30.3 Å². The third-order valence-electron chi connectivity index (χ3n) is 5.44. The first-order valence-corrected chi connectivity index (χ1v) is 9.06. The number of fused-ring (bicyclic) bond motifs is 1. The standard InChI is InChI=1S/C22H21ClO/c23-19-12-9-16(10-13-19)15-5-7-18(8-6-15)21-14-11-17-3-1-2-4-20(17)22(21)24/h1-4,9-15,18,24H,5-8H2/t15-,18+. The zero-order valence-electron chi connectivity index (χ0n) is 13.6. The number of hydrogen-bond acceptors (Lipinski definition) is 1. The highest BCUT2D eigenvalue weighted by Gasteiger charge is 2.25. The Kier molecular flexibility index (Phi) is 4.20. The van der Waals surface area contributed by atoms with Gasteiger partial charge in [-0.3, -0.25) is 0 Å². The Balaban J connectivity index is 1.53. The SMILES string of the molecule is Oc1c2ccccc2ccc1[C@H]1CC[C@@H](c2ccc(Cl)cc2)CC1. The molecule has 24 heavy (non-hydrogen) atoms. The van der Waals surface area contributed by atoms with E-state index in [0.29, 0.717) is 17.6 Å². The highest BCUT2D eigenvalue weighted by Crippen LogP contribution is 2.44. The van der Waals surface area contributed by atoms with Gasteiger partial charge in [0.15, 0.2) is 0 Å². The van der Waals surface area contributed by atoms with Crippen LogP contribution in [0.3, 0.4) is 0 Å². The number of hydrogen-bond donors (Lipinski definition) is 1. The minimum atomic E-state index is 0.457. The van der Waals surface area contributed by atoms with Crippen molar-refractivity contribution >= 4 is 22.4 Å². The number of halogens is 1. The third kappa shape index (κ3) is 2.89. The van der Waals surface area contributed by atoms with Crippen molar-refractivity contribution in [2.45, 2.75) is 37.5 Å². The van der Waals surface area contributed by atoms with Gasteiger partial charge in [0.1, 0.15) is 5.75 Å². The molecule has 3 aromatic carbocycles. The van der Waals surface area contributed by atoms with Crippen LogP contribution >= 0.6 is 11.6 Å². The van der Waals surface area contributed by atoms with Gasteiger partial charge in [0.2, 0.25) is 0 Å². The van der Waals surface area contributed by atoms with Crippen LogP contribution in [0, 0.1) is 0 Å². The van der Waals surface area contributed by atoms with Gasteiger partial charge in [-0.25, -0.2) is 0 Å². The van der Waals surface area contributed by atoms with Crippen LogP contribution < -0.4 is 0 Å². The first kappa shape index (κ1) is 15.5. The predicted molar refractivity (Wildman–Crippen MR) is 101 cm³/mol. The number of aromatic hydroxyl groups is 1. The van der Waals surface area contributed by atoms with Gasteiger partial charge in [-0.2, -0.15) is 0 Å². The lowest BCUT2D eigenvalue weighted by Crippen LogP contribution is -2.12. The second kappa shape index (κ2) is 6.49. The third-order valence-corrected chi connectivity index (χ3v) is 5.69. The molecule has 122 valence electrons. The average molecular weight is 337 g/mol. The molecule has 0 bridgehead atoms. The topological polar surface area (TPSA) is 20.2 Å². The molecule has 0 spiro atoms. The van der Waals surface area contributed by atoms with Crippen LogP contribution in [-0.2, 0) is 0 Å². The quantitative estimate of drug-likeness (QED) is 0.556. The monoisotopic (exact) mass is 336 g/mol. The predicted octanol–water partition coefficient (Wildman–Crippen LogP) is 6.64. The summed E-state index contributed by atoms with van der Waals surface area (Å²) in [4.78, 5) is 0. The Morgan fingerprint density at radius 2 is 1.42 bits per heavy atom. The maximum Gasteiger partial charge on any atom is 0.126 e. The number of rotatable bonds is 2. The van der Waals surface area contributed by atoms with Crippen LogP contribution in [0.15, 0.2) is 60.7 Å². The van der Waals surface area contributed by atoms with Crippen LogP contribution in [0.1, 0.15) is 48.6 Å². The van der Waals surface area contributed by atoms with Gasteiger partial charge in [-0.05, 0) is 66.2 Å². The molecule has 1 saturated carbocycles. The first-order valence-electron chi connectivity index (χ1n) is 8.68. The zero-order chi connectivity index (χ0) is 16.5. The largest absolute Gasteiger partial charge is 0.507 e. The van der Waals surface area contributed by atoms with Crippen LogP contribution in [0.5, 0.6) is 5.75 Å². The van der Waals surface area contributed by atoms with E-state index in [1.54, 1.807) is 0 Å². The van der Waals surface area contributed by atoms with Crippen molar-refractivity contribution in [3.63, 3.8) is 0 Å². The Morgan fingerprint density at radius 1 is 0.750 bits per heavy atom. The van der Waals surface area contributed by atoms with E-state index in [2.05, 4.69) is 30.3 Å². The van der Waals surface area contributed by atoms with E-state index in [0.717, 1.165) is 34.2 Å². The zero-order valence-corrected chi connectivity index (χ0v) is 14.3. The molecule has 1 N–H and O–H groups in total. The molecule has 0 heterocycles. The molecular formula is C22H21ClO. The lowest BCUT2D eigenvalue weighted by molar-refractivity contribution is 0.383. The van der Waals surface area contributed by atoms with Crippen LogP contribution in [0.4, 0.5) is 0 Å². The maximum atomic E-state index is 10.7. The lowest BCUT2D eigenvalue weighted by atomic mass is 9.75. The fraction of sp³-hybridized carbons (Fsp3) is 0.273. The molecule has 1 aliphatic carbocycles. The molecule has 1 fully saturated rings. The Labute approximate surface area is 147 Å². The van der Waals surface area contributed by atoms with Crippen molar-refractivity contribution in [1.82, 2.24) is 0 Å². The summed E-state index contributed by atoms with van der Waals surface area (Å²) in [5, 5.41) is 13.6. The molecule has 0 saturated heterocycles. The highest BCUT2D eigenvalue weighted by atomic mass is 35.5. The molecule has 0 atom stereocenters. The van der Waals surface area contributed by atoms with E-state index in [4.69, 9.17) is 11.6 Å². The maximum absolute atomic E-state index is 10.7. The van der Waals surface area contributed by atoms with E-state index in [1.165, 1.54) is 18.4 Å². The number of phenols is 1. The molecule has 4 rings (SSSR count). The summed E-state index contributed by atoms with van der Waals surface area (Å²) >= 11 is 5.99. The Morgan fingerprint density at radius 3 is 2.17 bits per heavy atom. The van der Waals surface area contributed by atoms with Gasteiger partial charge in [-0.1, -0.05) is 60.1 Å². The number of phenolic OH excluding ortho intramolecular Hbond substituents is 1. The van der Waals surface area contributed by atoms with E-state index in [-0.39, 0.29) is 0 Å². The second-order valence-electron chi connectivity index (χ2n) is 6.82. The Bertz CT molecular complexity index is 845. The summed E-state index contributed by atoms with van der Waals surface area (Å²) in [6, 6.07) is 20.6. The molecule has 3 aromatic rings. The number of benzene rings is 3. The van der Waals surface area contributed by atoms with Crippen molar-refractivity contribution in [1.29, 1.82) is 0 Å².